The van der Waals surface area contributed by atoms with Crippen LogP contribution in [-0.2, 0) is 17.8 Å². The fourth-order valence-corrected chi connectivity index (χ4v) is 4.31. The number of nitrogens with zero attached hydrogens (tertiary/aromatic N) is 1. The summed E-state index contributed by atoms with van der Waals surface area (Å²) in [7, 11) is 3.33. The van der Waals surface area contributed by atoms with Crippen molar-refractivity contribution in [1.29, 1.82) is 0 Å². The average molecular weight is 411 g/mol. The number of aryl methyl sites for hydroxylation is 1. The number of methoxy groups -OCH3 is 2. The number of amides is 1. The largest absolute Gasteiger partial charge is 0.493 e. The molecule has 1 aliphatic heterocycles. The highest BCUT2D eigenvalue weighted by Gasteiger charge is 2.34. The standard InChI is InChI=1S/C25H34N2O3/c1-16(2)25(28)26-18(4)24-21-14-23(30-6)22(29-5)13-20(21)10-11-27(24)15-19-9-7-8-17(3)12-19/h7-9,12-14,16,18,24H,10-11,15H2,1-6H3,(H,26,28)/t18-,24-/m1/s1. The Bertz CT molecular complexity index is 894. The summed E-state index contributed by atoms with van der Waals surface area (Å²) in [6.45, 7) is 9.82. The van der Waals surface area contributed by atoms with Crippen molar-refractivity contribution in [1.82, 2.24) is 10.2 Å². The van der Waals surface area contributed by atoms with E-state index in [-0.39, 0.29) is 23.9 Å². The van der Waals surface area contributed by atoms with Crippen molar-refractivity contribution in [3.8, 4) is 11.5 Å². The van der Waals surface area contributed by atoms with Gasteiger partial charge in [0.2, 0.25) is 5.91 Å². The zero-order valence-electron chi connectivity index (χ0n) is 19.0. The number of ether oxygens (including phenoxy) is 2. The van der Waals surface area contributed by atoms with Gasteiger partial charge in [-0.1, -0.05) is 43.7 Å². The molecule has 2 aromatic rings. The number of hydrogen-bond acceptors (Lipinski definition) is 4. The van der Waals surface area contributed by atoms with Crippen molar-refractivity contribution in [3.63, 3.8) is 0 Å². The van der Waals surface area contributed by atoms with E-state index in [0.29, 0.717) is 0 Å². The molecule has 1 N–H and O–H groups in total. The molecule has 0 radical (unpaired) electrons. The lowest BCUT2D eigenvalue weighted by atomic mass is 9.87. The van der Waals surface area contributed by atoms with Crippen molar-refractivity contribution in [2.75, 3.05) is 20.8 Å². The first-order valence-electron chi connectivity index (χ1n) is 10.7. The third kappa shape index (κ3) is 4.78. The molecule has 5 heteroatoms. The van der Waals surface area contributed by atoms with Gasteiger partial charge in [-0.25, -0.2) is 0 Å². The zero-order chi connectivity index (χ0) is 21.8. The van der Waals surface area contributed by atoms with E-state index in [4.69, 9.17) is 9.47 Å². The van der Waals surface area contributed by atoms with Crippen molar-refractivity contribution in [2.24, 2.45) is 5.92 Å². The minimum atomic E-state index is -0.0499. The predicted molar refractivity (Wildman–Crippen MR) is 120 cm³/mol. The van der Waals surface area contributed by atoms with Crippen molar-refractivity contribution in [2.45, 2.75) is 52.7 Å². The van der Waals surface area contributed by atoms with Gasteiger partial charge in [-0.05, 0) is 49.1 Å². The highest BCUT2D eigenvalue weighted by Crippen LogP contribution is 2.40. The van der Waals surface area contributed by atoms with E-state index in [1.807, 2.05) is 13.8 Å². The molecule has 1 aliphatic rings. The van der Waals surface area contributed by atoms with E-state index in [1.54, 1.807) is 14.2 Å². The third-order valence-electron chi connectivity index (χ3n) is 5.86. The molecule has 30 heavy (non-hydrogen) atoms. The maximum absolute atomic E-state index is 12.5. The van der Waals surface area contributed by atoms with Crippen molar-refractivity contribution in [3.05, 3.63) is 58.7 Å². The Morgan fingerprint density at radius 2 is 1.83 bits per heavy atom. The Morgan fingerprint density at radius 3 is 2.47 bits per heavy atom. The average Bonchev–Trinajstić information content (AvgIpc) is 2.72. The molecule has 1 heterocycles. The van der Waals surface area contributed by atoms with Crippen molar-refractivity contribution < 1.29 is 14.3 Å². The molecule has 0 aliphatic carbocycles. The maximum Gasteiger partial charge on any atom is 0.222 e. The Morgan fingerprint density at radius 1 is 1.13 bits per heavy atom. The quantitative estimate of drug-likeness (QED) is 0.741. The number of hydrogen-bond donors (Lipinski definition) is 1. The molecule has 2 aromatic carbocycles. The van der Waals surface area contributed by atoms with Crippen LogP contribution < -0.4 is 14.8 Å². The topological polar surface area (TPSA) is 50.8 Å². The molecule has 0 aromatic heterocycles. The van der Waals surface area contributed by atoms with Crippen LogP contribution in [-0.4, -0.2) is 37.6 Å². The first kappa shape index (κ1) is 22.2. The molecule has 0 bridgehead atoms. The van der Waals surface area contributed by atoms with Gasteiger partial charge in [-0.3, -0.25) is 9.69 Å². The second-order valence-electron chi connectivity index (χ2n) is 8.51. The van der Waals surface area contributed by atoms with Gasteiger partial charge in [0.25, 0.3) is 0 Å². The number of benzene rings is 2. The van der Waals surface area contributed by atoms with E-state index >= 15 is 0 Å². The SMILES string of the molecule is COc1cc2c(cc1OC)[C@@H]([C@@H](C)NC(=O)C(C)C)N(Cc1cccc(C)c1)CC2. The lowest BCUT2D eigenvalue weighted by Gasteiger charge is -2.41. The lowest BCUT2D eigenvalue weighted by molar-refractivity contribution is -0.125. The lowest BCUT2D eigenvalue weighted by Crippen LogP contribution is -2.48. The Balaban J connectivity index is 1.99. The Kier molecular flexibility index (Phi) is 7.03. The van der Waals surface area contributed by atoms with Gasteiger partial charge in [0.15, 0.2) is 11.5 Å². The van der Waals surface area contributed by atoms with Crippen LogP contribution in [0.25, 0.3) is 0 Å². The van der Waals surface area contributed by atoms with Gasteiger partial charge in [0, 0.05) is 25.0 Å². The molecule has 162 valence electrons. The monoisotopic (exact) mass is 410 g/mol. The molecular weight excluding hydrogens is 376 g/mol. The summed E-state index contributed by atoms with van der Waals surface area (Å²) < 4.78 is 11.1. The summed E-state index contributed by atoms with van der Waals surface area (Å²) in [4.78, 5) is 14.9. The number of rotatable bonds is 7. The summed E-state index contributed by atoms with van der Waals surface area (Å²) in [5, 5.41) is 3.23. The summed E-state index contributed by atoms with van der Waals surface area (Å²) in [6, 6.07) is 12.8. The molecule has 5 nitrogen and oxygen atoms in total. The fourth-order valence-electron chi connectivity index (χ4n) is 4.31. The van der Waals surface area contributed by atoms with E-state index in [9.17, 15) is 4.79 Å². The summed E-state index contributed by atoms with van der Waals surface area (Å²) >= 11 is 0. The molecule has 0 unspecified atom stereocenters. The summed E-state index contributed by atoms with van der Waals surface area (Å²) in [5.41, 5.74) is 4.99. The number of carbonyl (C=O) groups excluding carboxylic acids is 1. The highest BCUT2D eigenvalue weighted by molar-refractivity contribution is 5.78. The second-order valence-corrected chi connectivity index (χ2v) is 8.51. The smallest absolute Gasteiger partial charge is 0.222 e. The molecule has 2 atom stereocenters. The second kappa shape index (κ2) is 9.52. The predicted octanol–water partition coefficient (Wildman–Crippen LogP) is 4.27. The highest BCUT2D eigenvalue weighted by atomic mass is 16.5. The van der Waals surface area contributed by atoms with Gasteiger partial charge < -0.3 is 14.8 Å². The van der Waals surface area contributed by atoms with Gasteiger partial charge in [-0.15, -0.1) is 0 Å². The molecule has 0 saturated carbocycles. The van der Waals surface area contributed by atoms with Crippen molar-refractivity contribution >= 4 is 5.91 Å². The van der Waals surface area contributed by atoms with E-state index < -0.39 is 0 Å². The fraction of sp³-hybridized carbons (Fsp3) is 0.480. The van der Waals surface area contributed by atoms with E-state index in [0.717, 1.165) is 31.0 Å². The van der Waals surface area contributed by atoms with Crippen LogP contribution in [0.1, 0.15) is 49.1 Å². The molecule has 3 rings (SSSR count). The molecule has 0 fully saturated rings. The molecular formula is C25H34N2O3. The minimum Gasteiger partial charge on any atom is -0.493 e. The van der Waals surface area contributed by atoms with Crippen LogP contribution >= 0.6 is 0 Å². The zero-order valence-corrected chi connectivity index (χ0v) is 19.0. The van der Waals surface area contributed by atoms with Crippen LogP contribution in [0.4, 0.5) is 0 Å². The summed E-state index contributed by atoms with van der Waals surface area (Å²) in [6.07, 6.45) is 0.933. The first-order valence-corrected chi connectivity index (χ1v) is 10.7. The van der Waals surface area contributed by atoms with E-state index in [1.165, 1.54) is 22.3 Å². The van der Waals surface area contributed by atoms with Crippen LogP contribution in [0.2, 0.25) is 0 Å². The van der Waals surface area contributed by atoms with Crippen LogP contribution in [0.3, 0.4) is 0 Å². The third-order valence-corrected chi connectivity index (χ3v) is 5.86. The number of carbonyl (C=O) groups is 1. The molecule has 0 spiro atoms. The summed E-state index contributed by atoms with van der Waals surface area (Å²) in [5.74, 6) is 1.50. The first-order chi connectivity index (χ1) is 14.3. The number of fused-ring (bicyclic) bond motifs is 1. The maximum atomic E-state index is 12.5. The molecule has 0 saturated heterocycles. The van der Waals surface area contributed by atoms with Gasteiger partial charge in [0.05, 0.1) is 20.3 Å². The number of nitrogens with one attached hydrogen (secondary N) is 1. The van der Waals surface area contributed by atoms with Gasteiger partial charge in [0.1, 0.15) is 0 Å². The van der Waals surface area contributed by atoms with Gasteiger partial charge >= 0.3 is 0 Å². The Hall–Kier alpha value is -2.53. The van der Waals surface area contributed by atoms with E-state index in [2.05, 4.69) is 60.5 Å². The Labute approximate surface area is 180 Å². The molecule has 1 amide bonds. The van der Waals surface area contributed by atoms with Crippen LogP contribution in [0, 0.1) is 12.8 Å². The normalized spacial score (nSPS) is 17.4. The van der Waals surface area contributed by atoms with Gasteiger partial charge in [-0.2, -0.15) is 0 Å². The minimum absolute atomic E-state index is 0.0399. The van der Waals surface area contributed by atoms with Crippen LogP contribution in [0.5, 0.6) is 11.5 Å². The van der Waals surface area contributed by atoms with Crippen LogP contribution in [0.15, 0.2) is 36.4 Å².